The van der Waals surface area contributed by atoms with Crippen LogP contribution < -0.4 is 29.6 Å². The van der Waals surface area contributed by atoms with Crippen LogP contribution in [0.25, 0.3) is 0 Å². The number of hydrogen-bond donors (Lipinski definition) is 0. The van der Waals surface area contributed by atoms with Gasteiger partial charge in [-0.15, -0.1) is 0 Å². The van der Waals surface area contributed by atoms with Crippen molar-refractivity contribution in [2.45, 2.75) is 78.2 Å². The van der Waals surface area contributed by atoms with Crippen molar-refractivity contribution in [1.82, 2.24) is 0 Å². The van der Waals surface area contributed by atoms with E-state index in [1.165, 1.54) is 5.57 Å². The van der Waals surface area contributed by atoms with Gasteiger partial charge >= 0.3 is 29.6 Å². The van der Waals surface area contributed by atoms with Crippen molar-refractivity contribution in [3.05, 3.63) is 11.6 Å². The summed E-state index contributed by atoms with van der Waals surface area (Å²) in [6.45, 7) is 6.44. The van der Waals surface area contributed by atoms with E-state index in [9.17, 15) is 17.8 Å². The van der Waals surface area contributed by atoms with Crippen LogP contribution in [0, 0.1) is 34.5 Å². The summed E-state index contributed by atoms with van der Waals surface area (Å²) in [6.07, 6.45) is 9.30. The van der Waals surface area contributed by atoms with E-state index in [1.807, 2.05) is 0 Å². The van der Waals surface area contributed by atoms with Gasteiger partial charge in [-0.3, -0.25) is 8.98 Å². The fourth-order valence-corrected chi connectivity index (χ4v) is 8.04. The third-order valence-corrected chi connectivity index (χ3v) is 9.31. The summed E-state index contributed by atoms with van der Waals surface area (Å²) < 4.78 is 37.7. The van der Waals surface area contributed by atoms with E-state index in [-0.39, 0.29) is 46.3 Å². The number of hydrogen-bond acceptors (Lipinski definition) is 5. The van der Waals surface area contributed by atoms with Crippen molar-refractivity contribution in [1.29, 1.82) is 0 Å². The first-order valence-corrected chi connectivity index (χ1v) is 11.7. The van der Waals surface area contributed by atoms with Gasteiger partial charge in [0, 0.05) is 5.92 Å². The van der Waals surface area contributed by atoms with Crippen molar-refractivity contribution in [2.75, 3.05) is 0 Å². The molecule has 4 aliphatic rings. The zero-order valence-corrected chi connectivity index (χ0v) is 20.4. The van der Waals surface area contributed by atoms with Crippen molar-refractivity contribution in [2.24, 2.45) is 34.5 Å². The summed E-state index contributed by atoms with van der Waals surface area (Å²) >= 11 is 0. The largest absolute Gasteiger partial charge is 1.00 e. The van der Waals surface area contributed by atoms with Crippen LogP contribution >= 0.6 is 0 Å². The Morgan fingerprint density at radius 1 is 1.14 bits per heavy atom. The number of carbonyl (C=O) groups excluding carboxylic acids is 1. The van der Waals surface area contributed by atoms with Crippen LogP contribution in [0.1, 0.15) is 72.1 Å². The molecule has 3 saturated carbocycles. The molecule has 3 unspecified atom stereocenters. The molecule has 0 amide bonds. The molecule has 0 aromatic carbocycles. The molecule has 3 fully saturated rings. The predicted molar refractivity (Wildman–Crippen MR) is 100 cm³/mol. The molecule has 0 heterocycles. The summed E-state index contributed by atoms with van der Waals surface area (Å²) in [5.74, 6) is 2.38. The normalized spacial score (nSPS) is 45.1. The molecule has 0 saturated heterocycles. The minimum atomic E-state index is -4.65. The van der Waals surface area contributed by atoms with Gasteiger partial charge in [-0.2, -0.15) is 0 Å². The fraction of sp³-hybridized carbons (Fsp3) is 0.857. The number of rotatable bonds is 3. The number of carbonyl (C=O) groups is 1. The first kappa shape index (κ1) is 23.0. The third-order valence-electron chi connectivity index (χ3n) is 8.80. The molecule has 7 atom stereocenters. The van der Waals surface area contributed by atoms with E-state index in [2.05, 4.69) is 19.9 Å². The number of Topliss-reactive ketones (excluding diaryl/α,β-unsaturated/α-hetero) is 1. The van der Waals surface area contributed by atoms with Crippen LogP contribution in [0.4, 0.5) is 0 Å². The summed E-state index contributed by atoms with van der Waals surface area (Å²) in [5, 5.41) is 0. The summed E-state index contributed by atoms with van der Waals surface area (Å²) in [6, 6.07) is 0. The van der Waals surface area contributed by atoms with E-state index in [4.69, 9.17) is 4.18 Å². The van der Waals surface area contributed by atoms with Crippen molar-refractivity contribution in [3.8, 4) is 0 Å². The second-order valence-electron chi connectivity index (χ2n) is 9.91. The maximum atomic E-state index is 12.2. The van der Waals surface area contributed by atoms with E-state index in [0.717, 1.165) is 38.5 Å². The first-order chi connectivity index (χ1) is 12.5. The second-order valence-corrected chi connectivity index (χ2v) is 10.9. The number of ketones is 1. The average molecular weight is 419 g/mol. The van der Waals surface area contributed by atoms with Crippen LogP contribution in [0.2, 0.25) is 0 Å². The standard InChI is InChI=1S/C21H32O5S.Na/c1-13(22)17-6-7-18-16-5-4-14-12-15(26-27(23,24)25)8-10-20(14,2)19(16)9-11-21(17,18)3;/h4,15-19H,5-12H2,1-3H3,(H,23,24,25);/q;+1/p-1/t15-,16?,17+,18?,19?,20-,21+;/m0./s1. The van der Waals surface area contributed by atoms with Gasteiger partial charge < -0.3 is 4.55 Å². The van der Waals surface area contributed by atoms with Crippen LogP contribution in [0.15, 0.2) is 11.6 Å². The topological polar surface area (TPSA) is 83.5 Å². The zero-order chi connectivity index (χ0) is 19.6. The zero-order valence-electron chi connectivity index (χ0n) is 17.6. The smallest absolute Gasteiger partial charge is 0.726 e. The molecule has 0 aliphatic heterocycles. The van der Waals surface area contributed by atoms with Gasteiger partial charge in [-0.1, -0.05) is 25.5 Å². The van der Waals surface area contributed by atoms with Gasteiger partial charge in [0.15, 0.2) is 0 Å². The van der Waals surface area contributed by atoms with Crippen LogP contribution in [-0.4, -0.2) is 24.9 Å². The van der Waals surface area contributed by atoms with Gasteiger partial charge in [-0.05, 0) is 86.9 Å². The quantitative estimate of drug-likeness (QED) is 0.296. The molecular formula is C21H31NaO5S. The first-order valence-electron chi connectivity index (χ1n) is 10.4. The van der Waals surface area contributed by atoms with Gasteiger partial charge in [0.2, 0.25) is 10.4 Å². The van der Waals surface area contributed by atoms with Gasteiger partial charge in [0.25, 0.3) is 0 Å². The Hall–Kier alpha value is 0.280. The molecule has 4 rings (SSSR count). The second kappa shape index (κ2) is 7.76. The summed E-state index contributed by atoms with van der Waals surface area (Å²) in [7, 11) is -4.65. The van der Waals surface area contributed by atoms with Crippen LogP contribution in [0.3, 0.4) is 0 Å². The summed E-state index contributed by atoms with van der Waals surface area (Å²) in [4.78, 5) is 12.2. The summed E-state index contributed by atoms with van der Waals surface area (Å²) in [5.41, 5.74) is 1.50. The number of allylic oxidation sites excluding steroid dienone is 1. The molecule has 7 heteroatoms. The molecule has 0 bridgehead atoms. The molecule has 0 radical (unpaired) electrons. The molecule has 152 valence electrons. The Balaban J connectivity index is 0.00000225. The maximum absolute atomic E-state index is 12.2. The fourth-order valence-electron chi connectivity index (χ4n) is 7.54. The molecule has 0 aromatic heterocycles. The minimum Gasteiger partial charge on any atom is -0.726 e. The van der Waals surface area contributed by atoms with E-state index in [0.29, 0.717) is 36.4 Å². The van der Waals surface area contributed by atoms with Crippen molar-refractivity contribution < 1.29 is 51.5 Å². The number of fused-ring (bicyclic) bond motifs is 5. The third kappa shape index (κ3) is 3.71. The Morgan fingerprint density at radius 3 is 2.50 bits per heavy atom. The van der Waals surface area contributed by atoms with Crippen LogP contribution in [0.5, 0.6) is 0 Å². The molecule has 0 spiro atoms. The molecule has 28 heavy (non-hydrogen) atoms. The molecule has 0 N–H and O–H groups in total. The van der Waals surface area contributed by atoms with E-state index in [1.54, 1.807) is 6.92 Å². The SMILES string of the molecule is CC(=O)[C@H]1CCC2C3CC=C4C[C@@H](OS(=O)(=O)[O-])CC[C@]4(C)C3CC[C@@]21C.[Na+]. The van der Waals surface area contributed by atoms with Gasteiger partial charge in [0.1, 0.15) is 5.78 Å². The molecular weight excluding hydrogens is 387 g/mol. The van der Waals surface area contributed by atoms with Gasteiger partial charge in [0.05, 0.1) is 6.10 Å². The Morgan fingerprint density at radius 2 is 1.86 bits per heavy atom. The monoisotopic (exact) mass is 418 g/mol. The van der Waals surface area contributed by atoms with Gasteiger partial charge in [-0.25, -0.2) is 8.42 Å². The Kier molecular flexibility index (Phi) is 6.36. The minimum absolute atomic E-state index is 0. The predicted octanol–water partition coefficient (Wildman–Crippen LogP) is 1.00. The van der Waals surface area contributed by atoms with Crippen molar-refractivity contribution in [3.63, 3.8) is 0 Å². The van der Waals surface area contributed by atoms with E-state index < -0.39 is 16.5 Å². The Labute approximate surface area is 191 Å². The molecule has 0 aromatic rings. The maximum Gasteiger partial charge on any atom is 1.00 e. The average Bonchev–Trinajstić information content (AvgIpc) is 2.91. The molecule has 4 aliphatic carbocycles. The van der Waals surface area contributed by atoms with Crippen LogP contribution in [-0.2, 0) is 19.4 Å². The van der Waals surface area contributed by atoms with E-state index >= 15 is 0 Å². The van der Waals surface area contributed by atoms with Crippen molar-refractivity contribution >= 4 is 16.2 Å². The molecule has 5 nitrogen and oxygen atoms in total. The Bertz CT molecular complexity index is 778.